The second kappa shape index (κ2) is 8.63. The van der Waals surface area contributed by atoms with Crippen molar-refractivity contribution >= 4 is 11.7 Å². The number of carbonyl (C=O) groups is 1. The number of methoxy groups -OCH3 is 1. The Morgan fingerprint density at radius 3 is 2.77 bits per heavy atom. The molecule has 0 unspecified atom stereocenters. The Balaban J connectivity index is 1.95. The van der Waals surface area contributed by atoms with E-state index in [2.05, 4.69) is 15.6 Å². The van der Waals surface area contributed by atoms with E-state index in [-0.39, 0.29) is 6.03 Å². The van der Waals surface area contributed by atoms with Gasteiger partial charge in [0.15, 0.2) is 0 Å². The molecule has 2 N–H and O–H groups in total. The zero-order chi connectivity index (χ0) is 15.6. The molecular formula is C16H19N3O3. The summed E-state index contributed by atoms with van der Waals surface area (Å²) in [6.45, 7) is 1.14. The average molecular weight is 301 g/mol. The van der Waals surface area contributed by atoms with E-state index >= 15 is 0 Å². The minimum Gasteiger partial charge on any atom is -0.437 e. The van der Waals surface area contributed by atoms with Crippen LogP contribution in [-0.2, 0) is 4.74 Å². The van der Waals surface area contributed by atoms with E-state index in [1.165, 1.54) is 0 Å². The van der Waals surface area contributed by atoms with Crippen LogP contribution in [0.2, 0.25) is 0 Å². The Morgan fingerprint density at radius 1 is 1.18 bits per heavy atom. The third kappa shape index (κ3) is 5.06. The highest BCUT2D eigenvalue weighted by Crippen LogP contribution is 2.26. The number of nitrogens with one attached hydrogen (secondary N) is 2. The molecule has 0 spiro atoms. The molecule has 1 aromatic carbocycles. The van der Waals surface area contributed by atoms with Gasteiger partial charge in [-0.15, -0.1) is 0 Å². The molecule has 0 aliphatic heterocycles. The number of hydrogen-bond acceptors (Lipinski definition) is 4. The number of carbonyl (C=O) groups excluding carboxylic acids is 1. The van der Waals surface area contributed by atoms with Gasteiger partial charge in [0.2, 0.25) is 5.88 Å². The number of anilines is 1. The van der Waals surface area contributed by atoms with Crippen molar-refractivity contribution in [3.63, 3.8) is 0 Å². The Hall–Kier alpha value is -2.60. The first kappa shape index (κ1) is 15.8. The lowest BCUT2D eigenvalue weighted by Crippen LogP contribution is -2.30. The quantitative estimate of drug-likeness (QED) is 0.771. The van der Waals surface area contributed by atoms with Crippen LogP contribution in [-0.4, -0.2) is 31.3 Å². The lowest BCUT2D eigenvalue weighted by atomic mass is 10.3. The third-order valence-electron chi connectivity index (χ3n) is 2.79. The smallest absolute Gasteiger partial charge is 0.319 e. The average Bonchev–Trinajstić information content (AvgIpc) is 2.54. The van der Waals surface area contributed by atoms with Crippen LogP contribution in [0, 0.1) is 0 Å². The van der Waals surface area contributed by atoms with E-state index in [1.54, 1.807) is 25.4 Å². The van der Waals surface area contributed by atoms with Gasteiger partial charge in [-0.2, -0.15) is 0 Å². The predicted molar refractivity (Wildman–Crippen MR) is 84.3 cm³/mol. The summed E-state index contributed by atoms with van der Waals surface area (Å²) in [5.74, 6) is 1.01. The molecule has 0 bridgehead atoms. The molecular weight excluding hydrogens is 282 g/mol. The van der Waals surface area contributed by atoms with Gasteiger partial charge >= 0.3 is 6.03 Å². The summed E-state index contributed by atoms with van der Waals surface area (Å²) in [6.07, 6.45) is 2.37. The predicted octanol–water partition coefficient (Wildman–Crippen LogP) is 3.03. The van der Waals surface area contributed by atoms with Crippen molar-refractivity contribution in [2.75, 3.05) is 25.6 Å². The number of urea groups is 1. The fraction of sp³-hybridized carbons (Fsp3) is 0.250. The van der Waals surface area contributed by atoms with Gasteiger partial charge in [0, 0.05) is 26.5 Å². The van der Waals surface area contributed by atoms with E-state index in [9.17, 15) is 4.79 Å². The molecule has 22 heavy (non-hydrogen) atoms. The molecule has 2 rings (SSSR count). The lowest BCUT2D eigenvalue weighted by molar-refractivity contribution is 0.194. The summed E-state index contributed by atoms with van der Waals surface area (Å²) >= 11 is 0. The summed E-state index contributed by atoms with van der Waals surface area (Å²) in [5, 5.41) is 5.47. The first-order chi connectivity index (χ1) is 10.8. The van der Waals surface area contributed by atoms with Crippen LogP contribution in [0.4, 0.5) is 10.5 Å². The highest BCUT2D eigenvalue weighted by molar-refractivity contribution is 5.90. The van der Waals surface area contributed by atoms with Gasteiger partial charge in [-0.05, 0) is 30.7 Å². The van der Waals surface area contributed by atoms with Gasteiger partial charge in [-0.25, -0.2) is 9.78 Å². The van der Waals surface area contributed by atoms with Gasteiger partial charge in [-0.1, -0.05) is 18.2 Å². The van der Waals surface area contributed by atoms with E-state index in [1.807, 2.05) is 30.3 Å². The summed E-state index contributed by atoms with van der Waals surface area (Å²) in [4.78, 5) is 16.0. The van der Waals surface area contributed by atoms with Crippen molar-refractivity contribution in [2.45, 2.75) is 6.42 Å². The maximum absolute atomic E-state index is 11.8. The number of para-hydroxylation sites is 1. The Morgan fingerprint density at radius 2 is 2.00 bits per heavy atom. The first-order valence-corrected chi connectivity index (χ1v) is 7.01. The largest absolute Gasteiger partial charge is 0.437 e. The Kier molecular flexibility index (Phi) is 6.19. The molecule has 2 aromatic rings. The molecule has 0 atom stereocenters. The van der Waals surface area contributed by atoms with Crippen LogP contribution in [0.1, 0.15) is 6.42 Å². The van der Waals surface area contributed by atoms with Crippen LogP contribution in [0.25, 0.3) is 0 Å². The highest BCUT2D eigenvalue weighted by atomic mass is 16.5. The van der Waals surface area contributed by atoms with E-state index in [4.69, 9.17) is 9.47 Å². The molecule has 1 heterocycles. The maximum Gasteiger partial charge on any atom is 0.319 e. The number of hydrogen-bond donors (Lipinski definition) is 2. The minimum absolute atomic E-state index is 0.304. The molecule has 0 radical (unpaired) electrons. The van der Waals surface area contributed by atoms with Crippen LogP contribution in [0.3, 0.4) is 0 Å². The fourth-order valence-electron chi connectivity index (χ4n) is 1.75. The van der Waals surface area contributed by atoms with Gasteiger partial charge < -0.3 is 20.1 Å². The monoisotopic (exact) mass is 301 g/mol. The van der Waals surface area contributed by atoms with Crippen molar-refractivity contribution in [3.05, 3.63) is 48.7 Å². The number of benzene rings is 1. The van der Waals surface area contributed by atoms with Crippen molar-refractivity contribution in [2.24, 2.45) is 0 Å². The second-order valence-corrected chi connectivity index (χ2v) is 4.50. The number of ether oxygens (including phenoxy) is 2. The van der Waals surface area contributed by atoms with Crippen molar-refractivity contribution < 1.29 is 14.3 Å². The zero-order valence-electron chi connectivity index (χ0n) is 12.4. The standard InChI is InChI=1S/C16H19N3O3/c1-21-12-6-11-18-16(20)19-14-9-5-10-17-15(14)22-13-7-3-2-4-8-13/h2-5,7-10H,6,11-12H2,1H3,(H2,18,19,20). The van der Waals surface area contributed by atoms with E-state index < -0.39 is 0 Å². The Labute approximate surface area is 129 Å². The molecule has 0 saturated heterocycles. The van der Waals surface area contributed by atoms with Crippen LogP contribution in [0.15, 0.2) is 48.7 Å². The highest BCUT2D eigenvalue weighted by Gasteiger charge is 2.09. The summed E-state index contributed by atoms with van der Waals surface area (Å²) in [5.41, 5.74) is 0.510. The zero-order valence-corrected chi connectivity index (χ0v) is 12.4. The number of nitrogens with zero attached hydrogens (tertiary/aromatic N) is 1. The van der Waals surface area contributed by atoms with Gasteiger partial charge in [0.25, 0.3) is 0 Å². The maximum atomic E-state index is 11.8. The lowest BCUT2D eigenvalue weighted by Gasteiger charge is -2.11. The molecule has 2 amide bonds. The summed E-state index contributed by atoms with van der Waals surface area (Å²) < 4.78 is 10.6. The van der Waals surface area contributed by atoms with Crippen molar-refractivity contribution in [1.29, 1.82) is 0 Å². The molecule has 0 aliphatic carbocycles. The number of rotatable bonds is 7. The van der Waals surface area contributed by atoms with Crippen molar-refractivity contribution in [1.82, 2.24) is 10.3 Å². The van der Waals surface area contributed by atoms with Crippen LogP contribution in [0.5, 0.6) is 11.6 Å². The van der Waals surface area contributed by atoms with E-state index in [0.29, 0.717) is 30.5 Å². The van der Waals surface area contributed by atoms with Gasteiger partial charge in [0.05, 0.1) is 0 Å². The second-order valence-electron chi connectivity index (χ2n) is 4.50. The third-order valence-corrected chi connectivity index (χ3v) is 2.79. The van der Waals surface area contributed by atoms with Crippen LogP contribution >= 0.6 is 0 Å². The normalized spacial score (nSPS) is 10.0. The topological polar surface area (TPSA) is 72.5 Å². The van der Waals surface area contributed by atoms with Crippen molar-refractivity contribution in [3.8, 4) is 11.6 Å². The number of amides is 2. The molecule has 0 fully saturated rings. The van der Waals surface area contributed by atoms with Gasteiger partial charge in [0.1, 0.15) is 11.4 Å². The summed E-state index contributed by atoms with van der Waals surface area (Å²) in [7, 11) is 1.63. The first-order valence-electron chi connectivity index (χ1n) is 7.01. The SMILES string of the molecule is COCCCNC(=O)Nc1cccnc1Oc1ccccc1. The fourth-order valence-corrected chi connectivity index (χ4v) is 1.75. The molecule has 6 heteroatoms. The molecule has 116 valence electrons. The number of pyridine rings is 1. The molecule has 0 aliphatic rings. The molecule has 1 aromatic heterocycles. The summed E-state index contributed by atoms with van der Waals surface area (Å²) in [6, 6.07) is 12.5. The van der Waals surface area contributed by atoms with Crippen LogP contribution < -0.4 is 15.4 Å². The van der Waals surface area contributed by atoms with E-state index in [0.717, 1.165) is 6.42 Å². The Bertz CT molecular complexity index is 590. The molecule has 6 nitrogen and oxygen atoms in total. The minimum atomic E-state index is -0.304. The van der Waals surface area contributed by atoms with Gasteiger partial charge in [-0.3, -0.25) is 0 Å². The molecule has 0 saturated carbocycles. The number of aromatic nitrogens is 1.